The summed E-state index contributed by atoms with van der Waals surface area (Å²) in [5.74, 6) is -1.45. The van der Waals surface area contributed by atoms with Gasteiger partial charge in [-0.25, -0.2) is 0 Å². The maximum absolute atomic E-state index is 10.1. The molecule has 0 aliphatic heterocycles. The molecule has 0 saturated heterocycles. The zero-order valence-electron chi connectivity index (χ0n) is 11.9. The number of phenolic OH excluding ortho intramolecular Hbond substituents is 3. The highest BCUT2D eigenvalue weighted by Gasteiger charge is 2.20. The Balaban J connectivity index is 2.24. The number of aromatic nitrogens is 2. The van der Waals surface area contributed by atoms with Crippen molar-refractivity contribution in [1.82, 2.24) is 10.2 Å². The van der Waals surface area contributed by atoms with Gasteiger partial charge in [0.15, 0.2) is 11.5 Å². The number of nitrogens with one attached hydrogen (secondary N) is 1. The fraction of sp³-hybridized carbons (Fsp3) is 0.0625. The van der Waals surface area contributed by atoms with Crippen LogP contribution in [-0.2, 0) is 0 Å². The van der Waals surface area contributed by atoms with E-state index in [9.17, 15) is 15.3 Å². The van der Waals surface area contributed by atoms with Crippen LogP contribution in [0.3, 0.4) is 0 Å². The number of H-pyrrole nitrogens is 1. The van der Waals surface area contributed by atoms with Gasteiger partial charge in [0.2, 0.25) is 5.75 Å². The molecule has 0 spiro atoms. The highest BCUT2D eigenvalue weighted by Crippen LogP contribution is 2.45. The lowest BCUT2D eigenvalue weighted by Crippen LogP contribution is -1.86. The van der Waals surface area contributed by atoms with Crippen molar-refractivity contribution in [1.29, 1.82) is 0 Å². The van der Waals surface area contributed by atoms with E-state index in [4.69, 9.17) is 23.2 Å². The van der Waals surface area contributed by atoms with Crippen molar-refractivity contribution in [2.24, 2.45) is 0 Å². The van der Waals surface area contributed by atoms with Crippen LogP contribution >= 0.6 is 23.2 Å². The Labute approximate surface area is 141 Å². The first-order valence-electron chi connectivity index (χ1n) is 6.64. The number of halogens is 2. The van der Waals surface area contributed by atoms with Crippen LogP contribution in [0, 0.1) is 6.92 Å². The minimum absolute atomic E-state index is 0.283. The lowest BCUT2D eigenvalue weighted by Gasteiger charge is -2.09. The number of aryl methyl sites for hydroxylation is 1. The smallest absolute Gasteiger partial charge is 0.200 e. The molecule has 5 nitrogen and oxygen atoms in total. The Morgan fingerprint density at radius 3 is 2.39 bits per heavy atom. The van der Waals surface area contributed by atoms with E-state index >= 15 is 0 Å². The van der Waals surface area contributed by atoms with Crippen LogP contribution in [0.4, 0.5) is 0 Å². The summed E-state index contributed by atoms with van der Waals surface area (Å²) in [7, 11) is 0. The minimum atomic E-state index is -0.594. The van der Waals surface area contributed by atoms with Crippen molar-refractivity contribution in [3.63, 3.8) is 0 Å². The number of hydrogen-bond acceptors (Lipinski definition) is 4. The second-order valence-corrected chi connectivity index (χ2v) is 5.84. The number of hydrogen-bond donors (Lipinski definition) is 4. The highest BCUT2D eigenvalue weighted by molar-refractivity contribution is 6.42. The van der Waals surface area contributed by atoms with Crippen LogP contribution in [0.15, 0.2) is 30.3 Å². The molecule has 0 fully saturated rings. The van der Waals surface area contributed by atoms with Crippen molar-refractivity contribution in [3.8, 4) is 39.6 Å². The van der Waals surface area contributed by atoms with Gasteiger partial charge in [0.1, 0.15) is 5.69 Å². The maximum Gasteiger partial charge on any atom is 0.200 e. The first-order chi connectivity index (χ1) is 10.9. The average molecular weight is 351 g/mol. The van der Waals surface area contributed by atoms with Crippen molar-refractivity contribution in [3.05, 3.63) is 46.1 Å². The fourth-order valence-corrected chi connectivity index (χ4v) is 2.69. The SMILES string of the molecule is Cc1[nH]nc(-c2ccc(O)c(O)c2O)c1-c1ccc(Cl)c(Cl)c1. The van der Waals surface area contributed by atoms with Crippen molar-refractivity contribution >= 4 is 23.2 Å². The van der Waals surface area contributed by atoms with Gasteiger partial charge in [0.25, 0.3) is 0 Å². The number of phenols is 3. The number of aromatic hydroxyl groups is 3. The first-order valence-corrected chi connectivity index (χ1v) is 7.40. The fourth-order valence-electron chi connectivity index (χ4n) is 2.39. The Kier molecular flexibility index (Phi) is 3.83. The highest BCUT2D eigenvalue weighted by atomic mass is 35.5. The molecule has 0 unspecified atom stereocenters. The molecule has 2 aromatic carbocycles. The molecule has 3 aromatic rings. The molecule has 0 bridgehead atoms. The Hall–Kier alpha value is -2.37. The second-order valence-electron chi connectivity index (χ2n) is 5.03. The summed E-state index contributed by atoms with van der Waals surface area (Å²) >= 11 is 12.0. The van der Waals surface area contributed by atoms with Gasteiger partial charge in [-0.2, -0.15) is 5.10 Å². The van der Waals surface area contributed by atoms with E-state index in [1.54, 1.807) is 18.2 Å². The van der Waals surface area contributed by atoms with Crippen molar-refractivity contribution in [2.75, 3.05) is 0 Å². The van der Waals surface area contributed by atoms with Crippen LogP contribution in [-0.4, -0.2) is 25.5 Å². The first kappa shape index (κ1) is 15.5. The van der Waals surface area contributed by atoms with E-state index < -0.39 is 17.2 Å². The zero-order chi connectivity index (χ0) is 16.7. The van der Waals surface area contributed by atoms with Gasteiger partial charge in [-0.1, -0.05) is 29.3 Å². The summed E-state index contributed by atoms with van der Waals surface area (Å²) in [6, 6.07) is 7.91. The van der Waals surface area contributed by atoms with Crippen LogP contribution in [0.25, 0.3) is 22.4 Å². The number of rotatable bonds is 2. The molecule has 7 heteroatoms. The quantitative estimate of drug-likeness (QED) is 0.513. The summed E-state index contributed by atoms with van der Waals surface area (Å²) in [6.45, 7) is 1.83. The lowest BCUT2D eigenvalue weighted by molar-refractivity contribution is 0.369. The lowest BCUT2D eigenvalue weighted by atomic mass is 9.98. The Morgan fingerprint density at radius 1 is 0.957 bits per heavy atom. The molecule has 0 radical (unpaired) electrons. The van der Waals surface area contributed by atoms with Gasteiger partial charge in [-0.05, 0) is 36.8 Å². The Bertz CT molecular complexity index is 907. The third-order valence-corrected chi connectivity index (χ3v) is 4.28. The molecule has 0 saturated carbocycles. The van der Waals surface area contributed by atoms with E-state index in [1.165, 1.54) is 12.1 Å². The summed E-state index contributed by atoms with van der Waals surface area (Å²) < 4.78 is 0. The molecule has 0 atom stereocenters. The van der Waals surface area contributed by atoms with Crippen LogP contribution in [0.2, 0.25) is 10.0 Å². The van der Waals surface area contributed by atoms with Gasteiger partial charge in [0, 0.05) is 16.8 Å². The molecule has 0 aliphatic carbocycles. The molecule has 0 aliphatic rings. The molecule has 23 heavy (non-hydrogen) atoms. The van der Waals surface area contributed by atoms with E-state index in [0.717, 1.165) is 11.3 Å². The number of aromatic amines is 1. The molecule has 1 heterocycles. The van der Waals surface area contributed by atoms with Crippen LogP contribution < -0.4 is 0 Å². The molecule has 1 aromatic heterocycles. The zero-order valence-corrected chi connectivity index (χ0v) is 13.4. The summed E-state index contributed by atoms with van der Waals surface area (Å²) in [5, 5.41) is 37.2. The predicted octanol–water partition coefficient (Wildman–Crippen LogP) is 4.48. The predicted molar refractivity (Wildman–Crippen MR) is 89.2 cm³/mol. The third-order valence-electron chi connectivity index (χ3n) is 3.54. The number of nitrogens with zero attached hydrogens (tertiary/aromatic N) is 1. The van der Waals surface area contributed by atoms with Gasteiger partial charge in [-0.15, -0.1) is 0 Å². The largest absolute Gasteiger partial charge is 0.504 e. The maximum atomic E-state index is 10.1. The van der Waals surface area contributed by atoms with Gasteiger partial charge >= 0.3 is 0 Å². The van der Waals surface area contributed by atoms with Crippen molar-refractivity contribution in [2.45, 2.75) is 6.92 Å². The standard InChI is InChI=1S/C16H12Cl2N2O3/c1-7-13(8-2-4-10(17)11(18)6-8)14(20-19-7)9-3-5-12(21)16(23)15(9)22/h2-6,21-23H,1H3,(H,19,20). The normalized spacial score (nSPS) is 10.9. The summed E-state index contributed by atoms with van der Waals surface area (Å²) in [6.07, 6.45) is 0. The van der Waals surface area contributed by atoms with E-state index in [0.29, 0.717) is 21.3 Å². The second kappa shape index (κ2) is 5.68. The van der Waals surface area contributed by atoms with E-state index in [2.05, 4.69) is 10.2 Å². The summed E-state index contributed by atoms with van der Waals surface area (Å²) in [5.41, 5.74) is 2.93. The third kappa shape index (κ3) is 2.58. The molecule has 0 amide bonds. The van der Waals surface area contributed by atoms with Crippen molar-refractivity contribution < 1.29 is 15.3 Å². The van der Waals surface area contributed by atoms with Gasteiger partial charge in [-0.3, -0.25) is 5.10 Å². The number of benzene rings is 2. The van der Waals surface area contributed by atoms with Gasteiger partial charge < -0.3 is 15.3 Å². The molecule has 118 valence electrons. The molecular formula is C16H12Cl2N2O3. The van der Waals surface area contributed by atoms with E-state index in [-0.39, 0.29) is 5.56 Å². The average Bonchev–Trinajstić information content (AvgIpc) is 2.89. The molecular weight excluding hydrogens is 339 g/mol. The van der Waals surface area contributed by atoms with Crippen LogP contribution in [0.1, 0.15) is 5.69 Å². The Morgan fingerprint density at radius 2 is 1.70 bits per heavy atom. The van der Waals surface area contributed by atoms with Crippen LogP contribution in [0.5, 0.6) is 17.2 Å². The minimum Gasteiger partial charge on any atom is -0.504 e. The topological polar surface area (TPSA) is 89.4 Å². The van der Waals surface area contributed by atoms with Gasteiger partial charge in [0.05, 0.1) is 10.0 Å². The van der Waals surface area contributed by atoms with E-state index in [1.807, 2.05) is 6.92 Å². The summed E-state index contributed by atoms with van der Waals surface area (Å²) in [4.78, 5) is 0. The molecule has 3 rings (SSSR count). The monoisotopic (exact) mass is 350 g/mol. The molecule has 4 N–H and O–H groups in total.